The van der Waals surface area contributed by atoms with Crippen molar-refractivity contribution in [1.82, 2.24) is 25.2 Å². The Labute approximate surface area is 154 Å². The maximum Gasteiger partial charge on any atom is 0.361 e. The summed E-state index contributed by atoms with van der Waals surface area (Å²) >= 11 is 0. The molecule has 0 spiro atoms. The molecule has 0 aliphatic heterocycles. The summed E-state index contributed by atoms with van der Waals surface area (Å²) in [6.45, 7) is 1.56. The lowest BCUT2D eigenvalue weighted by atomic mass is 10.2. The highest BCUT2D eigenvalue weighted by Crippen LogP contribution is 2.17. The molecule has 27 heavy (non-hydrogen) atoms. The fraction of sp³-hybridized carbons (Fsp3) is 0.105. The van der Waals surface area contributed by atoms with Crippen molar-refractivity contribution in [1.29, 1.82) is 0 Å². The predicted molar refractivity (Wildman–Crippen MR) is 94.9 cm³/mol. The second-order valence-corrected chi connectivity index (χ2v) is 5.70. The molecule has 2 aromatic carbocycles. The van der Waals surface area contributed by atoms with Gasteiger partial charge in [-0.15, -0.1) is 15.3 Å². The molecule has 0 amide bonds. The summed E-state index contributed by atoms with van der Waals surface area (Å²) in [5, 5.41) is 16.3. The van der Waals surface area contributed by atoms with Gasteiger partial charge in [-0.2, -0.15) is 9.90 Å². The standard InChI is InChI=1S/C19H15N5O3/c1-13-17(23-24(22-13)15-10-6-3-7-11-15)19(25)26-12-16-20-21-18(27-16)14-8-4-2-5-9-14/h2-11H,12H2,1H3. The lowest BCUT2D eigenvalue weighted by molar-refractivity contribution is 0.0430. The van der Waals surface area contributed by atoms with E-state index in [9.17, 15) is 4.79 Å². The van der Waals surface area contributed by atoms with Crippen LogP contribution in [0.5, 0.6) is 0 Å². The van der Waals surface area contributed by atoms with Crippen molar-refractivity contribution >= 4 is 5.97 Å². The largest absolute Gasteiger partial charge is 0.451 e. The molecule has 0 N–H and O–H groups in total. The molecular formula is C19H15N5O3. The molecule has 0 fully saturated rings. The number of ether oxygens (including phenoxy) is 1. The van der Waals surface area contributed by atoms with Crippen LogP contribution >= 0.6 is 0 Å². The van der Waals surface area contributed by atoms with Gasteiger partial charge >= 0.3 is 5.97 Å². The Hall–Kier alpha value is -3.81. The molecule has 134 valence electrons. The zero-order valence-corrected chi connectivity index (χ0v) is 14.4. The number of hydrogen-bond acceptors (Lipinski definition) is 7. The Morgan fingerprint density at radius 1 is 1.00 bits per heavy atom. The quantitative estimate of drug-likeness (QED) is 0.504. The number of esters is 1. The lowest BCUT2D eigenvalue weighted by Gasteiger charge is -1.99. The van der Waals surface area contributed by atoms with E-state index in [-0.39, 0.29) is 18.2 Å². The van der Waals surface area contributed by atoms with E-state index in [1.165, 1.54) is 4.80 Å². The van der Waals surface area contributed by atoms with Gasteiger partial charge in [-0.25, -0.2) is 4.79 Å². The van der Waals surface area contributed by atoms with Gasteiger partial charge in [-0.3, -0.25) is 0 Å². The van der Waals surface area contributed by atoms with Crippen LogP contribution in [0.3, 0.4) is 0 Å². The van der Waals surface area contributed by atoms with E-state index in [4.69, 9.17) is 9.15 Å². The summed E-state index contributed by atoms with van der Waals surface area (Å²) in [5.41, 5.74) is 2.16. The summed E-state index contributed by atoms with van der Waals surface area (Å²) in [4.78, 5) is 13.7. The Morgan fingerprint density at radius 2 is 1.70 bits per heavy atom. The normalized spacial score (nSPS) is 10.7. The number of carbonyl (C=O) groups is 1. The number of aryl methyl sites for hydroxylation is 1. The highest BCUT2D eigenvalue weighted by Gasteiger charge is 2.19. The second-order valence-electron chi connectivity index (χ2n) is 5.70. The van der Waals surface area contributed by atoms with Gasteiger partial charge in [0, 0.05) is 5.56 Å². The van der Waals surface area contributed by atoms with Gasteiger partial charge in [0.1, 0.15) is 0 Å². The average molecular weight is 361 g/mol. The number of nitrogens with zero attached hydrogens (tertiary/aromatic N) is 5. The minimum atomic E-state index is -0.603. The summed E-state index contributed by atoms with van der Waals surface area (Å²) < 4.78 is 10.8. The zero-order valence-electron chi connectivity index (χ0n) is 14.4. The summed E-state index contributed by atoms with van der Waals surface area (Å²) in [7, 11) is 0. The molecule has 0 bridgehead atoms. The van der Waals surface area contributed by atoms with Gasteiger partial charge in [-0.05, 0) is 31.2 Å². The monoisotopic (exact) mass is 361 g/mol. The third-order valence-electron chi connectivity index (χ3n) is 3.78. The predicted octanol–water partition coefficient (Wildman–Crippen LogP) is 2.98. The maximum atomic E-state index is 12.3. The van der Waals surface area contributed by atoms with E-state index in [1.807, 2.05) is 60.7 Å². The minimum absolute atomic E-state index is 0.140. The van der Waals surface area contributed by atoms with Crippen LogP contribution in [0.2, 0.25) is 0 Å². The van der Waals surface area contributed by atoms with Crippen molar-refractivity contribution in [2.75, 3.05) is 0 Å². The molecule has 0 aliphatic rings. The molecular weight excluding hydrogens is 346 g/mol. The number of benzene rings is 2. The summed E-state index contributed by atoms with van der Waals surface area (Å²) in [6, 6.07) is 18.7. The van der Waals surface area contributed by atoms with E-state index in [1.54, 1.807) is 6.92 Å². The summed E-state index contributed by atoms with van der Waals surface area (Å²) in [6.07, 6.45) is 0. The number of hydrogen-bond donors (Lipinski definition) is 0. The van der Waals surface area contributed by atoms with E-state index in [2.05, 4.69) is 20.4 Å². The van der Waals surface area contributed by atoms with Crippen LogP contribution in [-0.4, -0.2) is 31.2 Å². The van der Waals surface area contributed by atoms with E-state index in [0.29, 0.717) is 11.6 Å². The van der Waals surface area contributed by atoms with Gasteiger partial charge in [0.15, 0.2) is 12.3 Å². The Bertz CT molecular complexity index is 1060. The second kappa shape index (κ2) is 7.20. The average Bonchev–Trinajstić information content (AvgIpc) is 3.34. The smallest absolute Gasteiger partial charge is 0.361 e. The highest BCUT2D eigenvalue weighted by molar-refractivity contribution is 5.88. The molecule has 8 heteroatoms. The molecule has 0 unspecified atom stereocenters. The molecule has 0 atom stereocenters. The first-order valence-electron chi connectivity index (χ1n) is 8.25. The number of rotatable bonds is 5. The fourth-order valence-corrected chi connectivity index (χ4v) is 2.45. The molecule has 2 heterocycles. The van der Waals surface area contributed by atoms with Crippen LogP contribution in [0, 0.1) is 6.92 Å². The van der Waals surface area contributed by atoms with Crippen LogP contribution in [0.15, 0.2) is 65.1 Å². The fourth-order valence-electron chi connectivity index (χ4n) is 2.45. The SMILES string of the molecule is Cc1nn(-c2ccccc2)nc1C(=O)OCc1nnc(-c2ccccc2)o1. The maximum absolute atomic E-state index is 12.3. The highest BCUT2D eigenvalue weighted by atomic mass is 16.5. The molecule has 0 saturated heterocycles. The van der Waals surface area contributed by atoms with Crippen molar-refractivity contribution in [3.05, 3.63) is 77.9 Å². The first-order chi connectivity index (χ1) is 13.2. The van der Waals surface area contributed by atoms with Crippen LogP contribution in [-0.2, 0) is 11.3 Å². The topological polar surface area (TPSA) is 95.9 Å². The van der Waals surface area contributed by atoms with Crippen LogP contribution in [0.1, 0.15) is 22.1 Å². The lowest BCUT2D eigenvalue weighted by Crippen LogP contribution is -2.08. The molecule has 0 radical (unpaired) electrons. The molecule has 0 aliphatic carbocycles. The third-order valence-corrected chi connectivity index (χ3v) is 3.78. The van der Waals surface area contributed by atoms with E-state index < -0.39 is 5.97 Å². The Balaban J connectivity index is 1.45. The van der Waals surface area contributed by atoms with Crippen molar-refractivity contribution in [3.63, 3.8) is 0 Å². The molecule has 4 aromatic rings. The van der Waals surface area contributed by atoms with Crippen molar-refractivity contribution in [3.8, 4) is 17.1 Å². The zero-order chi connectivity index (χ0) is 18.6. The number of para-hydroxylation sites is 1. The first kappa shape index (κ1) is 16.6. The molecule has 0 saturated carbocycles. The molecule has 2 aromatic heterocycles. The van der Waals surface area contributed by atoms with Gasteiger partial charge in [0.25, 0.3) is 5.89 Å². The number of carbonyl (C=O) groups excluding carboxylic acids is 1. The van der Waals surface area contributed by atoms with Crippen LogP contribution in [0.4, 0.5) is 0 Å². The molecule has 8 nitrogen and oxygen atoms in total. The van der Waals surface area contributed by atoms with Crippen LogP contribution < -0.4 is 0 Å². The van der Waals surface area contributed by atoms with Gasteiger partial charge in [-0.1, -0.05) is 36.4 Å². The van der Waals surface area contributed by atoms with Crippen molar-refractivity contribution in [2.24, 2.45) is 0 Å². The Kier molecular flexibility index (Phi) is 4.44. The van der Waals surface area contributed by atoms with Gasteiger partial charge in [0.05, 0.1) is 11.4 Å². The molecule has 4 rings (SSSR count). The third kappa shape index (κ3) is 3.59. The first-order valence-corrected chi connectivity index (χ1v) is 8.25. The van der Waals surface area contributed by atoms with Crippen molar-refractivity contribution < 1.29 is 13.9 Å². The Morgan fingerprint density at radius 3 is 2.44 bits per heavy atom. The van der Waals surface area contributed by atoms with E-state index >= 15 is 0 Å². The minimum Gasteiger partial charge on any atom is -0.451 e. The van der Waals surface area contributed by atoms with Gasteiger partial charge in [0.2, 0.25) is 5.89 Å². The van der Waals surface area contributed by atoms with E-state index in [0.717, 1.165) is 11.3 Å². The number of aromatic nitrogens is 5. The van der Waals surface area contributed by atoms with Crippen molar-refractivity contribution in [2.45, 2.75) is 13.5 Å². The van der Waals surface area contributed by atoms with Gasteiger partial charge < -0.3 is 9.15 Å². The summed E-state index contributed by atoms with van der Waals surface area (Å²) in [5.74, 6) is -0.0303. The van der Waals surface area contributed by atoms with Crippen LogP contribution in [0.25, 0.3) is 17.1 Å².